The van der Waals surface area contributed by atoms with E-state index in [0.717, 1.165) is 18.0 Å². The van der Waals surface area contributed by atoms with Crippen molar-refractivity contribution in [1.82, 2.24) is 10.2 Å². The Morgan fingerprint density at radius 3 is 2.43 bits per heavy atom. The molecule has 1 aromatic rings. The Hall–Kier alpha value is -1.75. The van der Waals surface area contributed by atoms with E-state index >= 15 is 0 Å². The highest BCUT2D eigenvalue weighted by atomic mass is 16.5. The number of benzene rings is 1. The molecule has 21 heavy (non-hydrogen) atoms. The summed E-state index contributed by atoms with van der Waals surface area (Å²) in [6.07, 6.45) is 0.646. The lowest BCUT2D eigenvalue weighted by molar-refractivity contribution is -0.120. The quantitative estimate of drug-likeness (QED) is 0.731. The Labute approximate surface area is 127 Å². The van der Waals surface area contributed by atoms with Crippen LogP contribution in [-0.4, -0.2) is 50.6 Å². The first-order chi connectivity index (χ1) is 9.97. The molecule has 5 nitrogen and oxygen atoms in total. The van der Waals surface area contributed by atoms with E-state index < -0.39 is 0 Å². The number of likely N-dealkylation sites (N-methyl/N-ethyl adjacent to an activating group) is 1. The molecule has 2 N–H and O–H groups in total. The van der Waals surface area contributed by atoms with Crippen LogP contribution in [0.15, 0.2) is 24.3 Å². The van der Waals surface area contributed by atoms with E-state index in [1.807, 2.05) is 57.1 Å². The van der Waals surface area contributed by atoms with Gasteiger partial charge in [-0.3, -0.25) is 4.79 Å². The van der Waals surface area contributed by atoms with Crippen LogP contribution in [0.25, 0.3) is 0 Å². The third-order valence-corrected chi connectivity index (χ3v) is 2.79. The van der Waals surface area contributed by atoms with Crippen LogP contribution in [0.3, 0.4) is 0 Å². The smallest absolute Gasteiger partial charge is 0.221 e. The summed E-state index contributed by atoms with van der Waals surface area (Å²) in [6, 6.07) is 7.78. The van der Waals surface area contributed by atoms with Crippen LogP contribution < -0.4 is 15.4 Å². The number of nitrogens with one attached hydrogen (secondary N) is 2. The molecule has 0 bridgehead atoms. The molecule has 0 aliphatic carbocycles. The largest absolute Gasteiger partial charge is 0.491 e. The molecule has 0 spiro atoms. The van der Waals surface area contributed by atoms with Gasteiger partial charge in [-0.05, 0) is 52.2 Å². The number of amides is 1. The minimum Gasteiger partial charge on any atom is -0.491 e. The molecule has 0 unspecified atom stereocenters. The van der Waals surface area contributed by atoms with Crippen LogP contribution in [0.4, 0.5) is 5.69 Å². The fourth-order valence-corrected chi connectivity index (χ4v) is 1.75. The molecular weight excluding hydrogens is 266 g/mol. The summed E-state index contributed by atoms with van der Waals surface area (Å²) in [6.45, 7) is 6.17. The van der Waals surface area contributed by atoms with Gasteiger partial charge in [0.05, 0.1) is 6.10 Å². The lowest BCUT2D eigenvalue weighted by Gasteiger charge is -2.12. The molecule has 0 aliphatic heterocycles. The maximum Gasteiger partial charge on any atom is 0.221 e. The van der Waals surface area contributed by atoms with Crippen molar-refractivity contribution in [2.45, 2.75) is 26.4 Å². The van der Waals surface area contributed by atoms with Gasteiger partial charge >= 0.3 is 0 Å². The Bertz CT molecular complexity index is 416. The predicted molar refractivity (Wildman–Crippen MR) is 86.9 cm³/mol. The topological polar surface area (TPSA) is 53.6 Å². The summed E-state index contributed by atoms with van der Waals surface area (Å²) < 4.78 is 5.58. The zero-order chi connectivity index (χ0) is 15.7. The Kier molecular flexibility index (Phi) is 7.61. The van der Waals surface area contributed by atoms with Gasteiger partial charge in [-0.25, -0.2) is 0 Å². The van der Waals surface area contributed by atoms with E-state index in [-0.39, 0.29) is 12.0 Å². The molecule has 0 heterocycles. The Morgan fingerprint density at radius 1 is 1.19 bits per heavy atom. The van der Waals surface area contributed by atoms with E-state index in [1.165, 1.54) is 0 Å². The summed E-state index contributed by atoms with van der Waals surface area (Å²) in [7, 11) is 3.97. The number of hydrogen-bond acceptors (Lipinski definition) is 4. The maximum atomic E-state index is 11.6. The second-order valence-electron chi connectivity index (χ2n) is 5.52. The van der Waals surface area contributed by atoms with Crippen LogP contribution >= 0.6 is 0 Å². The molecule has 0 aliphatic rings. The average molecular weight is 293 g/mol. The van der Waals surface area contributed by atoms with Crippen molar-refractivity contribution < 1.29 is 9.53 Å². The van der Waals surface area contributed by atoms with Gasteiger partial charge in [-0.2, -0.15) is 0 Å². The third-order valence-electron chi connectivity index (χ3n) is 2.79. The highest BCUT2D eigenvalue weighted by Crippen LogP contribution is 2.16. The SMILES string of the molecule is CC(C)Oc1ccc(NCCC(=O)NCCN(C)C)cc1. The minimum atomic E-state index is 0.0733. The van der Waals surface area contributed by atoms with Crippen molar-refractivity contribution >= 4 is 11.6 Å². The number of hydrogen-bond donors (Lipinski definition) is 2. The van der Waals surface area contributed by atoms with Gasteiger partial charge in [-0.15, -0.1) is 0 Å². The fourth-order valence-electron chi connectivity index (χ4n) is 1.75. The van der Waals surface area contributed by atoms with Crippen molar-refractivity contribution in [3.05, 3.63) is 24.3 Å². The highest BCUT2D eigenvalue weighted by Gasteiger charge is 2.01. The molecule has 0 aromatic heterocycles. The second-order valence-corrected chi connectivity index (χ2v) is 5.52. The number of anilines is 1. The van der Waals surface area contributed by atoms with E-state index in [4.69, 9.17) is 4.74 Å². The Balaban J connectivity index is 2.21. The van der Waals surface area contributed by atoms with Crippen molar-refractivity contribution in [1.29, 1.82) is 0 Å². The first kappa shape index (κ1) is 17.3. The van der Waals surface area contributed by atoms with Gasteiger partial charge < -0.3 is 20.3 Å². The lowest BCUT2D eigenvalue weighted by Crippen LogP contribution is -2.32. The zero-order valence-corrected chi connectivity index (χ0v) is 13.5. The summed E-state index contributed by atoms with van der Waals surface area (Å²) in [5.41, 5.74) is 0.993. The summed E-state index contributed by atoms with van der Waals surface area (Å²) in [5, 5.41) is 6.12. The molecule has 0 saturated heterocycles. The minimum absolute atomic E-state index is 0.0733. The predicted octanol–water partition coefficient (Wildman–Crippen LogP) is 1.95. The van der Waals surface area contributed by atoms with Gasteiger partial charge in [0, 0.05) is 31.7 Å². The molecule has 1 rings (SSSR count). The molecule has 1 amide bonds. The molecule has 0 fully saturated rings. The Morgan fingerprint density at radius 2 is 1.86 bits per heavy atom. The molecule has 0 saturated carbocycles. The maximum absolute atomic E-state index is 11.6. The van der Waals surface area contributed by atoms with Gasteiger partial charge in [0.15, 0.2) is 0 Å². The molecule has 0 radical (unpaired) electrons. The van der Waals surface area contributed by atoms with E-state index in [0.29, 0.717) is 19.5 Å². The van der Waals surface area contributed by atoms with Crippen molar-refractivity contribution in [3.8, 4) is 5.75 Å². The first-order valence-corrected chi connectivity index (χ1v) is 7.39. The van der Waals surface area contributed by atoms with E-state index in [2.05, 4.69) is 10.6 Å². The van der Waals surface area contributed by atoms with Crippen molar-refractivity contribution in [2.24, 2.45) is 0 Å². The normalized spacial score (nSPS) is 10.8. The standard InChI is InChI=1S/C16H27N3O2/c1-13(2)21-15-7-5-14(6-8-15)17-10-9-16(20)18-11-12-19(3)4/h5-8,13,17H,9-12H2,1-4H3,(H,18,20). The van der Waals surface area contributed by atoms with Gasteiger partial charge in [0.25, 0.3) is 0 Å². The van der Waals surface area contributed by atoms with Gasteiger partial charge in [0.2, 0.25) is 5.91 Å². The zero-order valence-electron chi connectivity index (χ0n) is 13.5. The van der Waals surface area contributed by atoms with Crippen LogP contribution in [0.1, 0.15) is 20.3 Å². The molecule has 1 aromatic carbocycles. The van der Waals surface area contributed by atoms with Crippen LogP contribution in [0, 0.1) is 0 Å². The number of carbonyl (C=O) groups is 1. The van der Waals surface area contributed by atoms with Crippen LogP contribution in [0.5, 0.6) is 5.75 Å². The lowest BCUT2D eigenvalue weighted by atomic mass is 10.3. The third kappa shape index (κ3) is 8.19. The molecule has 5 heteroatoms. The first-order valence-electron chi connectivity index (χ1n) is 7.39. The van der Waals surface area contributed by atoms with Crippen molar-refractivity contribution in [2.75, 3.05) is 39.0 Å². The van der Waals surface area contributed by atoms with Crippen molar-refractivity contribution in [3.63, 3.8) is 0 Å². The number of ether oxygens (including phenoxy) is 1. The molecular formula is C16H27N3O2. The monoisotopic (exact) mass is 293 g/mol. The number of carbonyl (C=O) groups excluding carboxylic acids is 1. The number of nitrogens with zero attached hydrogens (tertiary/aromatic N) is 1. The highest BCUT2D eigenvalue weighted by molar-refractivity contribution is 5.76. The van der Waals surface area contributed by atoms with Gasteiger partial charge in [0.1, 0.15) is 5.75 Å². The average Bonchev–Trinajstić information content (AvgIpc) is 2.39. The van der Waals surface area contributed by atoms with Gasteiger partial charge in [-0.1, -0.05) is 0 Å². The van der Waals surface area contributed by atoms with E-state index in [9.17, 15) is 4.79 Å². The van der Waals surface area contributed by atoms with E-state index in [1.54, 1.807) is 0 Å². The number of rotatable bonds is 9. The summed E-state index contributed by atoms with van der Waals surface area (Å²) in [5.74, 6) is 0.932. The summed E-state index contributed by atoms with van der Waals surface area (Å²) >= 11 is 0. The molecule has 0 atom stereocenters. The second kappa shape index (κ2) is 9.23. The van der Waals surface area contributed by atoms with Crippen LogP contribution in [-0.2, 0) is 4.79 Å². The fraction of sp³-hybridized carbons (Fsp3) is 0.562. The summed E-state index contributed by atoms with van der Waals surface area (Å²) in [4.78, 5) is 13.6. The molecule has 118 valence electrons. The van der Waals surface area contributed by atoms with Crippen LogP contribution in [0.2, 0.25) is 0 Å².